The van der Waals surface area contributed by atoms with Crippen LogP contribution in [0.1, 0.15) is 30.9 Å². The Morgan fingerprint density at radius 3 is 2.37 bits per heavy atom. The molecule has 27 heavy (non-hydrogen) atoms. The van der Waals surface area contributed by atoms with Crippen LogP contribution in [0.4, 0.5) is 11.4 Å². The number of allylic oxidation sites excluding steroid dienone is 6. The molecule has 0 aliphatic carbocycles. The Labute approximate surface area is 162 Å². The van der Waals surface area contributed by atoms with E-state index < -0.39 is 0 Å². The molecule has 0 spiro atoms. The molecular formula is C25H26N2. The largest absolute Gasteiger partial charge is 0.348 e. The predicted octanol–water partition coefficient (Wildman–Crippen LogP) is 6.12. The van der Waals surface area contributed by atoms with Gasteiger partial charge < -0.3 is 9.80 Å². The van der Waals surface area contributed by atoms with E-state index in [4.69, 9.17) is 0 Å². The van der Waals surface area contributed by atoms with Crippen molar-refractivity contribution >= 4 is 16.9 Å². The molecule has 0 amide bonds. The molecule has 2 aromatic carbocycles. The molecule has 0 radical (unpaired) electrons. The highest BCUT2D eigenvalue weighted by Gasteiger charge is 2.17. The SMILES string of the molecule is CCN1C=CC(=CC=CC2C=CN(CC)c3ccccc32)c2ccccc21. The van der Waals surface area contributed by atoms with Gasteiger partial charge in [-0.2, -0.15) is 0 Å². The third-order valence-corrected chi connectivity index (χ3v) is 5.31. The molecule has 0 N–H and O–H groups in total. The first-order valence-corrected chi connectivity index (χ1v) is 9.78. The van der Waals surface area contributed by atoms with Crippen LogP contribution in [0.25, 0.3) is 5.57 Å². The molecule has 0 fully saturated rings. The van der Waals surface area contributed by atoms with Crippen LogP contribution in [0.2, 0.25) is 0 Å². The van der Waals surface area contributed by atoms with Gasteiger partial charge in [0.25, 0.3) is 0 Å². The molecule has 136 valence electrons. The molecular weight excluding hydrogens is 328 g/mol. The zero-order valence-electron chi connectivity index (χ0n) is 16.0. The summed E-state index contributed by atoms with van der Waals surface area (Å²) in [5.41, 5.74) is 6.52. The van der Waals surface area contributed by atoms with Crippen LogP contribution >= 0.6 is 0 Å². The normalized spacial score (nSPS) is 19.6. The molecule has 2 aliphatic rings. The standard InChI is InChI=1S/C25H26N2/c1-3-26-18-16-20(22-12-5-7-14-24(22)26)10-9-11-21-17-19-27(4-2)25-15-8-6-13-23(21)25/h5-20H,3-4H2,1-2H3. The first-order valence-electron chi connectivity index (χ1n) is 9.78. The van der Waals surface area contributed by atoms with E-state index in [1.807, 2.05) is 0 Å². The van der Waals surface area contributed by atoms with E-state index in [0.29, 0.717) is 5.92 Å². The molecule has 2 nitrogen and oxygen atoms in total. The minimum absolute atomic E-state index is 0.316. The molecule has 0 saturated heterocycles. The molecule has 2 aromatic rings. The van der Waals surface area contributed by atoms with Crippen molar-refractivity contribution in [1.82, 2.24) is 0 Å². The minimum Gasteiger partial charge on any atom is -0.348 e. The average molecular weight is 354 g/mol. The van der Waals surface area contributed by atoms with E-state index in [2.05, 4.69) is 115 Å². The van der Waals surface area contributed by atoms with Gasteiger partial charge in [0, 0.05) is 48.3 Å². The van der Waals surface area contributed by atoms with Gasteiger partial charge in [0.2, 0.25) is 0 Å². The zero-order valence-corrected chi connectivity index (χ0v) is 16.0. The number of nitrogens with zero attached hydrogens (tertiary/aromatic N) is 2. The fraction of sp³-hybridized carbons (Fsp3) is 0.200. The molecule has 1 atom stereocenters. The number of hydrogen-bond acceptors (Lipinski definition) is 2. The molecule has 2 heterocycles. The maximum Gasteiger partial charge on any atom is 0.0485 e. The number of fused-ring (bicyclic) bond motifs is 2. The van der Waals surface area contributed by atoms with Crippen LogP contribution < -0.4 is 9.80 Å². The van der Waals surface area contributed by atoms with Crippen molar-refractivity contribution in [3.05, 3.63) is 102 Å². The van der Waals surface area contributed by atoms with Crippen molar-refractivity contribution in [2.45, 2.75) is 19.8 Å². The van der Waals surface area contributed by atoms with Crippen molar-refractivity contribution < 1.29 is 0 Å². The summed E-state index contributed by atoms with van der Waals surface area (Å²) >= 11 is 0. The zero-order chi connectivity index (χ0) is 18.6. The van der Waals surface area contributed by atoms with Gasteiger partial charge in [-0.15, -0.1) is 0 Å². The number of rotatable bonds is 4. The van der Waals surface area contributed by atoms with Crippen molar-refractivity contribution in [1.29, 1.82) is 0 Å². The lowest BCUT2D eigenvalue weighted by Crippen LogP contribution is -2.20. The Hall–Kier alpha value is -3.00. The van der Waals surface area contributed by atoms with E-state index in [1.54, 1.807) is 0 Å². The van der Waals surface area contributed by atoms with Gasteiger partial charge in [0.15, 0.2) is 0 Å². The summed E-state index contributed by atoms with van der Waals surface area (Å²) in [5.74, 6) is 0.316. The first kappa shape index (κ1) is 17.4. The second-order valence-electron chi connectivity index (χ2n) is 6.84. The molecule has 1 unspecified atom stereocenters. The van der Waals surface area contributed by atoms with Gasteiger partial charge in [0.1, 0.15) is 0 Å². The third kappa shape index (κ3) is 3.35. The molecule has 2 aliphatic heterocycles. The Balaban J connectivity index is 1.61. The fourth-order valence-electron chi connectivity index (χ4n) is 3.86. The lowest BCUT2D eigenvalue weighted by atomic mass is 9.93. The summed E-state index contributed by atoms with van der Waals surface area (Å²) in [6, 6.07) is 17.3. The summed E-state index contributed by atoms with van der Waals surface area (Å²) < 4.78 is 0. The average Bonchev–Trinajstić information content (AvgIpc) is 2.74. The van der Waals surface area contributed by atoms with Crippen LogP contribution in [-0.2, 0) is 0 Å². The minimum atomic E-state index is 0.316. The van der Waals surface area contributed by atoms with Crippen LogP contribution in [0.3, 0.4) is 0 Å². The summed E-state index contributed by atoms with van der Waals surface area (Å²) in [5, 5.41) is 0. The van der Waals surface area contributed by atoms with Gasteiger partial charge in [0.05, 0.1) is 0 Å². The maximum absolute atomic E-state index is 2.30. The van der Waals surface area contributed by atoms with Gasteiger partial charge in [-0.25, -0.2) is 0 Å². The second-order valence-corrected chi connectivity index (χ2v) is 6.84. The van der Waals surface area contributed by atoms with E-state index in [0.717, 1.165) is 13.1 Å². The van der Waals surface area contributed by atoms with E-state index >= 15 is 0 Å². The first-order chi connectivity index (χ1) is 13.3. The molecule has 0 aromatic heterocycles. The lowest BCUT2D eigenvalue weighted by Gasteiger charge is -2.28. The maximum atomic E-state index is 2.30. The topological polar surface area (TPSA) is 6.48 Å². The summed E-state index contributed by atoms with van der Waals surface area (Å²) in [7, 11) is 0. The number of benzene rings is 2. The van der Waals surface area contributed by atoms with E-state index in [-0.39, 0.29) is 0 Å². The van der Waals surface area contributed by atoms with Crippen molar-refractivity contribution in [3.63, 3.8) is 0 Å². The smallest absolute Gasteiger partial charge is 0.0485 e. The fourth-order valence-corrected chi connectivity index (χ4v) is 3.86. The van der Waals surface area contributed by atoms with Crippen molar-refractivity contribution in [2.24, 2.45) is 0 Å². The Morgan fingerprint density at radius 1 is 0.852 bits per heavy atom. The second kappa shape index (κ2) is 7.71. The lowest BCUT2D eigenvalue weighted by molar-refractivity contribution is 0.934. The Kier molecular flexibility index (Phi) is 4.97. The summed E-state index contributed by atoms with van der Waals surface area (Å²) in [6.45, 7) is 6.34. The summed E-state index contributed by atoms with van der Waals surface area (Å²) in [6.07, 6.45) is 15.6. The highest BCUT2D eigenvalue weighted by molar-refractivity contribution is 5.86. The Morgan fingerprint density at radius 2 is 1.56 bits per heavy atom. The highest BCUT2D eigenvalue weighted by Crippen LogP contribution is 2.35. The molecule has 4 rings (SSSR count). The van der Waals surface area contributed by atoms with Crippen LogP contribution in [0.5, 0.6) is 0 Å². The number of hydrogen-bond donors (Lipinski definition) is 0. The van der Waals surface area contributed by atoms with Gasteiger partial charge in [-0.05, 0) is 43.2 Å². The van der Waals surface area contributed by atoms with Crippen LogP contribution in [-0.4, -0.2) is 13.1 Å². The molecule has 0 saturated carbocycles. The number of para-hydroxylation sites is 2. The van der Waals surface area contributed by atoms with Crippen molar-refractivity contribution in [3.8, 4) is 0 Å². The molecule has 0 bridgehead atoms. The summed E-state index contributed by atoms with van der Waals surface area (Å²) in [4.78, 5) is 4.59. The van der Waals surface area contributed by atoms with Crippen LogP contribution in [0.15, 0.2) is 91.3 Å². The van der Waals surface area contributed by atoms with Gasteiger partial charge >= 0.3 is 0 Å². The van der Waals surface area contributed by atoms with E-state index in [1.165, 1.54) is 28.1 Å². The van der Waals surface area contributed by atoms with E-state index in [9.17, 15) is 0 Å². The van der Waals surface area contributed by atoms with Gasteiger partial charge in [-0.1, -0.05) is 60.7 Å². The molecule has 2 heteroatoms. The quantitative estimate of drug-likeness (QED) is 0.653. The highest BCUT2D eigenvalue weighted by atomic mass is 15.1. The number of anilines is 2. The monoisotopic (exact) mass is 354 g/mol. The van der Waals surface area contributed by atoms with Gasteiger partial charge in [-0.3, -0.25) is 0 Å². The Bertz CT molecular complexity index is 933. The third-order valence-electron chi connectivity index (χ3n) is 5.31. The predicted molar refractivity (Wildman–Crippen MR) is 117 cm³/mol. The van der Waals surface area contributed by atoms with Crippen LogP contribution in [0, 0.1) is 0 Å². The van der Waals surface area contributed by atoms with Crippen molar-refractivity contribution in [2.75, 3.05) is 22.9 Å².